The molecule has 32 heavy (non-hydrogen) atoms. The predicted molar refractivity (Wildman–Crippen MR) is 121 cm³/mol. The van der Waals surface area contributed by atoms with Crippen molar-refractivity contribution in [3.05, 3.63) is 66.9 Å². The molecule has 158 valence electrons. The summed E-state index contributed by atoms with van der Waals surface area (Å²) in [7, 11) is 0. The van der Waals surface area contributed by atoms with E-state index in [-0.39, 0.29) is 17.7 Å². The minimum atomic E-state index is -0.465. The van der Waals surface area contributed by atoms with E-state index in [9.17, 15) is 9.18 Å². The molecule has 0 atom stereocenters. The molecule has 2 amide bonds. The lowest BCUT2D eigenvalue weighted by molar-refractivity contribution is 0.252. The molecule has 5 aromatic rings. The summed E-state index contributed by atoms with van der Waals surface area (Å²) in [5.74, 6) is -0.213. The molecule has 0 saturated carbocycles. The van der Waals surface area contributed by atoms with Crippen molar-refractivity contribution in [3.63, 3.8) is 0 Å². The molecule has 0 spiro atoms. The van der Waals surface area contributed by atoms with E-state index < -0.39 is 5.82 Å². The van der Waals surface area contributed by atoms with Crippen molar-refractivity contribution < 1.29 is 9.18 Å². The maximum Gasteiger partial charge on any atom is 0.321 e. The highest BCUT2D eigenvalue weighted by Crippen LogP contribution is 2.34. The monoisotopic (exact) mass is 427 g/mol. The van der Waals surface area contributed by atoms with Crippen LogP contribution in [-0.4, -0.2) is 37.5 Å². The highest BCUT2D eigenvalue weighted by Gasteiger charge is 2.17. The molecule has 4 heterocycles. The van der Waals surface area contributed by atoms with E-state index in [1.165, 1.54) is 18.3 Å². The van der Waals surface area contributed by atoms with Crippen LogP contribution >= 0.6 is 0 Å². The molecule has 8 nitrogen and oxygen atoms in total. The highest BCUT2D eigenvalue weighted by molar-refractivity contribution is 5.98. The van der Waals surface area contributed by atoms with Gasteiger partial charge in [-0.25, -0.2) is 24.1 Å². The third-order valence-electron chi connectivity index (χ3n) is 4.96. The van der Waals surface area contributed by atoms with Gasteiger partial charge in [-0.1, -0.05) is 0 Å². The first kappa shape index (κ1) is 19.6. The van der Waals surface area contributed by atoms with Gasteiger partial charge >= 0.3 is 6.03 Å². The van der Waals surface area contributed by atoms with Crippen LogP contribution in [0.1, 0.15) is 6.92 Å². The van der Waals surface area contributed by atoms with E-state index in [2.05, 4.69) is 35.6 Å². The lowest BCUT2D eigenvalue weighted by Gasteiger charge is -2.08. The number of anilines is 1. The van der Waals surface area contributed by atoms with Crippen molar-refractivity contribution in [2.24, 2.45) is 0 Å². The van der Waals surface area contributed by atoms with Crippen LogP contribution in [0.5, 0.6) is 0 Å². The number of halogens is 1. The predicted octanol–water partition coefficient (Wildman–Crippen LogP) is 4.52. The van der Waals surface area contributed by atoms with Gasteiger partial charge in [0.1, 0.15) is 17.0 Å². The van der Waals surface area contributed by atoms with Gasteiger partial charge < -0.3 is 10.3 Å². The van der Waals surface area contributed by atoms with Crippen molar-refractivity contribution in [1.29, 1.82) is 0 Å². The van der Waals surface area contributed by atoms with Gasteiger partial charge in [-0.3, -0.25) is 10.3 Å². The van der Waals surface area contributed by atoms with Crippen molar-refractivity contribution in [2.75, 3.05) is 11.9 Å². The molecule has 0 bridgehead atoms. The number of nitrogens with one attached hydrogen (secondary N) is 3. The normalized spacial score (nSPS) is 11.1. The second kappa shape index (κ2) is 8.03. The maximum absolute atomic E-state index is 14.7. The smallest absolute Gasteiger partial charge is 0.321 e. The van der Waals surface area contributed by atoms with E-state index >= 15 is 0 Å². The fourth-order valence-corrected chi connectivity index (χ4v) is 3.54. The van der Waals surface area contributed by atoms with Crippen LogP contribution in [0.3, 0.4) is 0 Å². The SMILES string of the molecule is CCNC(=O)Nc1nc2c(-c3ncccc3F)cc(-c3cnc4ncccc4c3)cc2[nH]1. The first-order valence-electron chi connectivity index (χ1n) is 10.0. The van der Waals surface area contributed by atoms with Crippen LogP contribution in [0.25, 0.3) is 44.5 Å². The maximum atomic E-state index is 14.7. The molecule has 4 aromatic heterocycles. The zero-order chi connectivity index (χ0) is 22.1. The molecule has 0 aliphatic rings. The first-order chi connectivity index (χ1) is 15.6. The third-order valence-corrected chi connectivity index (χ3v) is 4.96. The summed E-state index contributed by atoms with van der Waals surface area (Å²) in [5, 5.41) is 6.20. The number of fused-ring (bicyclic) bond motifs is 2. The van der Waals surface area contributed by atoms with Gasteiger partial charge in [0, 0.05) is 41.6 Å². The van der Waals surface area contributed by atoms with Crippen molar-refractivity contribution in [2.45, 2.75) is 6.92 Å². The third kappa shape index (κ3) is 3.60. The topological polar surface area (TPSA) is 108 Å². The summed E-state index contributed by atoms with van der Waals surface area (Å²) in [6.07, 6.45) is 4.94. The minimum Gasteiger partial charge on any atom is -0.338 e. The number of aromatic nitrogens is 5. The molecular weight excluding hydrogens is 409 g/mol. The van der Waals surface area contributed by atoms with Gasteiger partial charge in [-0.2, -0.15) is 0 Å². The standard InChI is InChI=1S/C23H18FN7O/c1-2-25-23(32)31-22-29-18-11-14(15-9-13-5-3-8-27-21(13)28-12-15)10-16(20(18)30-22)19-17(24)6-4-7-26-19/h3-12H,2H2,1H3,(H3,25,29,30,31,32). The van der Waals surface area contributed by atoms with Crippen LogP contribution < -0.4 is 10.6 Å². The number of imidazole rings is 1. The number of carbonyl (C=O) groups is 1. The molecular formula is C23H18FN7O. The van der Waals surface area contributed by atoms with E-state index in [4.69, 9.17) is 0 Å². The molecule has 0 saturated heterocycles. The minimum absolute atomic E-state index is 0.172. The zero-order valence-corrected chi connectivity index (χ0v) is 17.1. The number of hydrogen-bond acceptors (Lipinski definition) is 5. The number of carbonyl (C=O) groups excluding carboxylic acids is 1. The van der Waals surface area contributed by atoms with Gasteiger partial charge in [0.15, 0.2) is 5.65 Å². The van der Waals surface area contributed by atoms with E-state index in [1.54, 1.807) is 12.4 Å². The quantitative estimate of drug-likeness (QED) is 0.391. The first-order valence-corrected chi connectivity index (χ1v) is 10.0. The van der Waals surface area contributed by atoms with Crippen molar-refractivity contribution in [1.82, 2.24) is 30.2 Å². The molecule has 0 radical (unpaired) electrons. The van der Waals surface area contributed by atoms with Gasteiger partial charge in [-0.15, -0.1) is 0 Å². The number of amides is 2. The van der Waals surface area contributed by atoms with Crippen LogP contribution in [-0.2, 0) is 0 Å². The Morgan fingerprint density at radius 1 is 1.06 bits per heavy atom. The Labute approximate surface area is 182 Å². The fourth-order valence-electron chi connectivity index (χ4n) is 3.54. The number of nitrogens with zero attached hydrogens (tertiary/aromatic N) is 4. The van der Waals surface area contributed by atoms with E-state index in [0.29, 0.717) is 28.8 Å². The van der Waals surface area contributed by atoms with Crippen LogP contribution in [0, 0.1) is 5.82 Å². The van der Waals surface area contributed by atoms with E-state index in [0.717, 1.165) is 16.5 Å². The number of aromatic amines is 1. The summed E-state index contributed by atoms with van der Waals surface area (Å²) in [4.78, 5) is 32.4. The molecule has 3 N–H and O–H groups in total. The number of rotatable bonds is 4. The second-order valence-electron chi connectivity index (χ2n) is 7.10. The van der Waals surface area contributed by atoms with Gasteiger partial charge in [0.25, 0.3) is 0 Å². The van der Waals surface area contributed by atoms with Gasteiger partial charge in [0.2, 0.25) is 5.95 Å². The molecule has 0 aliphatic heterocycles. The Balaban J connectivity index is 1.70. The van der Waals surface area contributed by atoms with Crippen LogP contribution in [0.4, 0.5) is 15.1 Å². The second-order valence-corrected chi connectivity index (χ2v) is 7.10. The fraction of sp³-hybridized carbons (Fsp3) is 0.0870. The lowest BCUT2D eigenvalue weighted by atomic mass is 10.00. The number of urea groups is 1. The molecule has 0 fully saturated rings. The average Bonchev–Trinajstić information content (AvgIpc) is 3.21. The van der Waals surface area contributed by atoms with Gasteiger partial charge in [0.05, 0.1) is 5.52 Å². The molecule has 5 rings (SSSR count). The average molecular weight is 427 g/mol. The Hall–Kier alpha value is -4.40. The largest absolute Gasteiger partial charge is 0.338 e. The molecule has 9 heteroatoms. The van der Waals surface area contributed by atoms with Gasteiger partial charge in [-0.05, 0) is 55.0 Å². The van der Waals surface area contributed by atoms with Crippen LogP contribution in [0.15, 0.2) is 61.1 Å². The number of hydrogen-bond donors (Lipinski definition) is 3. The summed E-state index contributed by atoms with van der Waals surface area (Å²) in [5.41, 5.74) is 4.06. The highest BCUT2D eigenvalue weighted by atomic mass is 19.1. The summed E-state index contributed by atoms with van der Waals surface area (Å²) < 4.78 is 14.7. The Bertz CT molecular complexity index is 1460. The summed E-state index contributed by atoms with van der Waals surface area (Å²) in [6.45, 7) is 2.30. The number of H-pyrrole nitrogens is 1. The van der Waals surface area contributed by atoms with Crippen LogP contribution in [0.2, 0.25) is 0 Å². The lowest BCUT2D eigenvalue weighted by Crippen LogP contribution is -2.28. The van der Waals surface area contributed by atoms with Crippen molar-refractivity contribution >= 4 is 34.0 Å². The Morgan fingerprint density at radius 3 is 2.75 bits per heavy atom. The summed E-state index contributed by atoms with van der Waals surface area (Å²) >= 11 is 0. The Morgan fingerprint density at radius 2 is 1.91 bits per heavy atom. The summed E-state index contributed by atoms with van der Waals surface area (Å²) in [6, 6.07) is 12.0. The number of pyridine rings is 3. The molecule has 0 aliphatic carbocycles. The number of benzene rings is 1. The van der Waals surface area contributed by atoms with Crippen molar-refractivity contribution in [3.8, 4) is 22.4 Å². The van der Waals surface area contributed by atoms with E-state index in [1.807, 2.05) is 37.3 Å². The molecule has 1 aromatic carbocycles. The Kier molecular flexibility index (Phi) is 4.91. The zero-order valence-electron chi connectivity index (χ0n) is 17.1. The molecule has 0 unspecified atom stereocenters.